The third kappa shape index (κ3) is 1.61. The topological polar surface area (TPSA) is 44.1 Å². The van der Waals surface area contributed by atoms with Crippen LogP contribution in [0, 0.1) is 16.7 Å². The number of hydrogen-bond acceptors (Lipinski definition) is 2. The van der Waals surface area contributed by atoms with Crippen LogP contribution >= 0.6 is 0 Å². The summed E-state index contributed by atoms with van der Waals surface area (Å²) in [4.78, 5) is 13.3. The summed E-state index contributed by atoms with van der Waals surface area (Å²) in [6.45, 7) is 0. The van der Waals surface area contributed by atoms with Gasteiger partial charge in [-0.2, -0.15) is 5.26 Å². The first-order valence-electron chi connectivity index (χ1n) is 5.93. The molecule has 0 spiro atoms. The lowest BCUT2D eigenvalue weighted by Gasteiger charge is -2.11. The highest BCUT2D eigenvalue weighted by molar-refractivity contribution is 6.00. The Morgan fingerprint density at radius 2 is 2.24 bits per heavy atom. The second-order valence-corrected chi connectivity index (χ2v) is 5.16. The predicted octanol–water partition coefficient (Wildman–Crippen LogP) is 2.05. The fourth-order valence-electron chi connectivity index (χ4n) is 2.50. The van der Waals surface area contributed by atoms with Crippen LogP contribution < -0.4 is 4.90 Å². The normalized spacial score (nSPS) is 20.0. The SMILES string of the molecule is CN1C(=O)Cc2cc(CC3(C#N)CC3)ccc21. The molecule has 1 aromatic carbocycles. The summed E-state index contributed by atoms with van der Waals surface area (Å²) in [5.41, 5.74) is 3.19. The zero-order valence-corrected chi connectivity index (χ0v) is 9.86. The van der Waals surface area contributed by atoms with Crippen LogP contribution in [0.4, 0.5) is 5.69 Å². The number of likely N-dealkylation sites (N-methyl/N-ethyl adjacent to an activating group) is 1. The van der Waals surface area contributed by atoms with Crippen LogP contribution in [0.3, 0.4) is 0 Å². The third-order valence-electron chi connectivity index (χ3n) is 3.85. The van der Waals surface area contributed by atoms with Gasteiger partial charge in [0.15, 0.2) is 0 Å². The summed E-state index contributed by atoms with van der Waals surface area (Å²) < 4.78 is 0. The van der Waals surface area contributed by atoms with E-state index in [-0.39, 0.29) is 11.3 Å². The molecule has 3 rings (SSSR count). The maximum atomic E-state index is 11.6. The van der Waals surface area contributed by atoms with Crippen molar-refractivity contribution in [3.8, 4) is 6.07 Å². The minimum Gasteiger partial charge on any atom is -0.315 e. The molecule has 1 heterocycles. The van der Waals surface area contributed by atoms with E-state index >= 15 is 0 Å². The van der Waals surface area contributed by atoms with E-state index in [4.69, 9.17) is 5.26 Å². The number of carbonyl (C=O) groups excluding carboxylic acids is 1. The van der Waals surface area contributed by atoms with Gasteiger partial charge in [0.2, 0.25) is 5.91 Å². The summed E-state index contributed by atoms with van der Waals surface area (Å²) in [5, 5.41) is 9.08. The average Bonchev–Trinajstić information content (AvgIpc) is 3.03. The van der Waals surface area contributed by atoms with Crippen molar-refractivity contribution in [1.29, 1.82) is 5.26 Å². The van der Waals surface area contributed by atoms with Crippen LogP contribution in [0.5, 0.6) is 0 Å². The van der Waals surface area contributed by atoms with E-state index in [1.54, 1.807) is 4.90 Å². The zero-order chi connectivity index (χ0) is 12.0. The molecule has 0 N–H and O–H groups in total. The minimum absolute atomic E-state index is 0.108. The Morgan fingerprint density at radius 1 is 1.47 bits per heavy atom. The van der Waals surface area contributed by atoms with Gasteiger partial charge in [-0.25, -0.2) is 0 Å². The van der Waals surface area contributed by atoms with E-state index in [1.165, 1.54) is 5.56 Å². The number of carbonyl (C=O) groups is 1. The van der Waals surface area contributed by atoms with Gasteiger partial charge in [-0.15, -0.1) is 0 Å². The standard InChI is InChI=1S/C14H14N2O/c1-16-12-3-2-10(6-11(12)7-13(16)17)8-14(9-15)4-5-14/h2-3,6H,4-5,7-8H2,1H3. The second kappa shape index (κ2) is 3.33. The van der Waals surface area contributed by atoms with Gasteiger partial charge in [-0.1, -0.05) is 12.1 Å². The van der Waals surface area contributed by atoms with Crippen molar-refractivity contribution < 1.29 is 4.79 Å². The molecular weight excluding hydrogens is 212 g/mol. The summed E-state index contributed by atoms with van der Waals surface area (Å²) in [7, 11) is 1.81. The third-order valence-corrected chi connectivity index (χ3v) is 3.85. The van der Waals surface area contributed by atoms with Crippen LogP contribution in [-0.4, -0.2) is 13.0 Å². The molecule has 0 radical (unpaired) electrons. The van der Waals surface area contributed by atoms with Gasteiger partial charge in [-0.05, 0) is 36.5 Å². The number of rotatable bonds is 2. The maximum Gasteiger partial charge on any atom is 0.231 e. The molecule has 1 aromatic rings. The Labute approximate surface area is 101 Å². The number of nitrogens with zero attached hydrogens (tertiary/aromatic N) is 2. The van der Waals surface area contributed by atoms with Gasteiger partial charge < -0.3 is 4.90 Å². The van der Waals surface area contributed by atoms with E-state index in [0.717, 1.165) is 30.5 Å². The molecule has 86 valence electrons. The number of benzene rings is 1. The first-order chi connectivity index (χ1) is 8.13. The molecule has 1 saturated carbocycles. The van der Waals surface area contributed by atoms with E-state index < -0.39 is 0 Å². The van der Waals surface area contributed by atoms with Crippen molar-refractivity contribution in [3.05, 3.63) is 29.3 Å². The van der Waals surface area contributed by atoms with Crippen LogP contribution in [-0.2, 0) is 17.6 Å². The Morgan fingerprint density at radius 3 is 2.88 bits per heavy atom. The minimum atomic E-state index is -0.108. The number of hydrogen-bond donors (Lipinski definition) is 0. The van der Waals surface area contributed by atoms with Gasteiger partial charge in [-0.3, -0.25) is 4.79 Å². The molecule has 1 amide bonds. The van der Waals surface area contributed by atoms with Crippen LogP contribution in [0.1, 0.15) is 24.0 Å². The number of fused-ring (bicyclic) bond motifs is 1. The van der Waals surface area contributed by atoms with Crippen LogP contribution in [0.15, 0.2) is 18.2 Å². The van der Waals surface area contributed by atoms with E-state index in [2.05, 4.69) is 12.1 Å². The number of amides is 1. The van der Waals surface area contributed by atoms with E-state index in [0.29, 0.717) is 6.42 Å². The van der Waals surface area contributed by atoms with Crippen molar-refractivity contribution in [3.63, 3.8) is 0 Å². The molecule has 1 aliphatic carbocycles. The lowest BCUT2D eigenvalue weighted by atomic mass is 9.96. The van der Waals surface area contributed by atoms with E-state index in [1.807, 2.05) is 19.2 Å². The van der Waals surface area contributed by atoms with Crippen molar-refractivity contribution in [2.75, 3.05) is 11.9 Å². The smallest absolute Gasteiger partial charge is 0.231 e. The van der Waals surface area contributed by atoms with Gasteiger partial charge in [0.25, 0.3) is 0 Å². The maximum absolute atomic E-state index is 11.6. The highest BCUT2D eigenvalue weighted by Crippen LogP contribution is 2.48. The molecule has 0 atom stereocenters. The molecule has 0 unspecified atom stereocenters. The molecule has 3 heteroatoms. The van der Waals surface area contributed by atoms with Crippen LogP contribution in [0.2, 0.25) is 0 Å². The Hall–Kier alpha value is -1.82. The lowest BCUT2D eigenvalue weighted by molar-refractivity contribution is -0.117. The summed E-state index contributed by atoms with van der Waals surface area (Å²) >= 11 is 0. The van der Waals surface area contributed by atoms with E-state index in [9.17, 15) is 4.79 Å². The van der Waals surface area contributed by atoms with Gasteiger partial charge in [0, 0.05) is 12.7 Å². The van der Waals surface area contributed by atoms with Gasteiger partial charge in [0.05, 0.1) is 17.9 Å². The highest BCUT2D eigenvalue weighted by Gasteiger charge is 2.43. The predicted molar refractivity (Wildman–Crippen MR) is 64.5 cm³/mol. The Bertz CT molecular complexity index is 538. The number of anilines is 1. The fraction of sp³-hybridized carbons (Fsp3) is 0.429. The summed E-state index contributed by atoms with van der Waals surface area (Å²) in [6, 6.07) is 8.55. The molecular formula is C14H14N2O. The molecule has 0 saturated heterocycles. The lowest BCUT2D eigenvalue weighted by Crippen LogP contribution is -2.20. The second-order valence-electron chi connectivity index (χ2n) is 5.16. The Kier molecular flexibility index (Phi) is 2.03. The molecule has 3 nitrogen and oxygen atoms in total. The van der Waals surface area contributed by atoms with Gasteiger partial charge in [0.1, 0.15) is 0 Å². The first-order valence-corrected chi connectivity index (χ1v) is 5.93. The monoisotopic (exact) mass is 226 g/mol. The summed E-state index contributed by atoms with van der Waals surface area (Å²) in [6.07, 6.45) is 3.35. The molecule has 17 heavy (non-hydrogen) atoms. The highest BCUT2D eigenvalue weighted by atomic mass is 16.2. The van der Waals surface area contributed by atoms with Crippen LogP contribution in [0.25, 0.3) is 0 Å². The fourth-order valence-corrected chi connectivity index (χ4v) is 2.50. The molecule has 1 aliphatic heterocycles. The molecule has 0 bridgehead atoms. The average molecular weight is 226 g/mol. The molecule has 2 aliphatic rings. The number of nitriles is 1. The quantitative estimate of drug-likeness (QED) is 0.774. The van der Waals surface area contributed by atoms with Crippen molar-refractivity contribution in [1.82, 2.24) is 0 Å². The molecule has 0 aromatic heterocycles. The largest absolute Gasteiger partial charge is 0.315 e. The Balaban J connectivity index is 1.88. The molecule has 1 fully saturated rings. The van der Waals surface area contributed by atoms with Crippen molar-refractivity contribution >= 4 is 11.6 Å². The van der Waals surface area contributed by atoms with Crippen molar-refractivity contribution in [2.24, 2.45) is 5.41 Å². The van der Waals surface area contributed by atoms with Crippen molar-refractivity contribution in [2.45, 2.75) is 25.7 Å². The zero-order valence-electron chi connectivity index (χ0n) is 9.86. The summed E-state index contributed by atoms with van der Waals surface area (Å²) in [5.74, 6) is 0.151. The first kappa shape index (κ1) is 10.3. The van der Waals surface area contributed by atoms with Gasteiger partial charge >= 0.3 is 0 Å².